The number of carbonyl (C=O) groups excluding carboxylic acids is 4. The second-order valence-electron chi connectivity index (χ2n) is 11.8. The first-order valence-electron chi connectivity index (χ1n) is 15.3. The molecule has 9 nitrogen and oxygen atoms in total. The van der Waals surface area contributed by atoms with E-state index in [0.29, 0.717) is 5.92 Å². The summed E-state index contributed by atoms with van der Waals surface area (Å²) in [5.74, 6) is -1.87. The van der Waals surface area contributed by atoms with E-state index in [1.165, 1.54) is 23.5 Å². The molecule has 44 heavy (non-hydrogen) atoms. The van der Waals surface area contributed by atoms with Crippen LogP contribution in [0.25, 0.3) is 0 Å². The van der Waals surface area contributed by atoms with Crippen molar-refractivity contribution in [2.45, 2.75) is 82.5 Å². The maximum absolute atomic E-state index is 14.6. The Morgan fingerprint density at radius 2 is 1.66 bits per heavy atom. The summed E-state index contributed by atoms with van der Waals surface area (Å²) >= 11 is 11.7. The minimum Gasteiger partial charge on any atom is -0.342 e. The molecule has 1 aliphatic carbocycles. The highest BCUT2D eigenvalue weighted by Crippen LogP contribution is 2.36. The highest BCUT2D eigenvalue weighted by atomic mass is 35.5. The summed E-state index contributed by atoms with van der Waals surface area (Å²) in [5.41, 5.74) is 7.40. The molecule has 12 heteroatoms. The molecule has 2 heterocycles. The zero-order valence-corrected chi connectivity index (χ0v) is 26.0. The van der Waals surface area contributed by atoms with Crippen LogP contribution in [0.3, 0.4) is 0 Å². The van der Waals surface area contributed by atoms with Crippen molar-refractivity contribution in [3.05, 3.63) is 63.4 Å². The summed E-state index contributed by atoms with van der Waals surface area (Å²) in [5, 5.41) is 4.84. The van der Waals surface area contributed by atoms with Crippen molar-refractivity contribution in [3.8, 4) is 0 Å². The third kappa shape index (κ3) is 7.03. The fraction of sp³-hybridized carbons (Fsp3) is 0.500. The van der Waals surface area contributed by atoms with Crippen molar-refractivity contribution in [1.82, 2.24) is 15.1 Å². The number of fused-ring (bicyclic) bond motifs is 2. The number of nitrogens with zero attached hydrogens (tertiary/aromatic N) is 2. The van der Waals surface area contributed by atoms with Gasteiger partial charge in [-0.2, -0.15) is 0 Å². The van der Waals surface area contributed by atoms with E-state index in [9.17, 15) is 23.6 Å². The summed E-state index contributed by atoms with van der Waals surface area (Å²) in [6, 6.07) is 8.47. The van der Waals surface area contributed by atoms with Crippen LogP contribution in [0.1, 0.15) is 62.5 Å². The smallest absolute Gasteiger partial charge is 0.247 e. The monoisotopic (exact) mass is 645 g/mol. The minimum atomic E-state index is -1.10. The molecule has 1 saturated carbocycles. The van der Waals surface area contributed by atoms with E-state index in [-0.39, 0.29) is 72.4 Å². The lowest BCUT2D eigenvalue weighted by Gasteiger charge is -2.37. The largest absolute Gasteiger partial charge is 0.342 e. The second-order valence-corrected chi connectivity index (χ2v) is 12.6. The van der Waals surface area contributed by atoms with Gasteiger partial charge >= 0.3 is 0 Å². The summed E-state index contributed by atoms with van der Waals surface area (Å²) in [6.07, 6.45) is 5.92. The van der Waals surface area contributed by atoms with Crippen LogP contribution >= 0.6 is 23.2 Å². The highest BCUT2D eigenvalue weighted by molar-refractivity contribution is 6.42. The van der Waals surface area contributed by atoms with Crippen LogP contribution in [0.2, 0.25) is 10.0 Å². The van der Waals surface area contributed by atoms with Crippen molar-refractivity contribution in [1.29, 1.82) is 0 Å². The standard InChI is InChI=1S/C32H38Cl2FN5O4/c33-22-9-10-23(30(35)29(22)34)37-31(43)24(13-15-36)38-32(44)26-17-20-6-1-2-7-21(20)18-40(26)28(42)12-11-27(41)39-16-14-19-5-3-4-8-25(19)39/h1-2,6-7,9-10,19,24-26H,3-5,8,11-18,36H2,(H,37,43)(H,38,44)/t19?,24-,25?,26-/m0/s1. The van der Waals surface area contributed by atoms with Gasteiger partial charge in [0.25, 0.3) is 0 Å². The number of anilines is 1. The number of nitrogens with two attached hydrogens (primary N) is 1. The topological polar surface area (TPSA) is 125 Å². The van der Waals surface area contributed by atoms with Crippen molar-refractivity contribution in [3.63, 3.8) is 0 Å². The Hall–Kier alpha value is -3.21. The molecular weight excluding hydrogens is 608 g/mol. The van der Waals surface area contributed by atoms with Crippen LogP contribution in [-0.4, -0.2) is 64.6 Å². The molecule has 2 aromatic rings. The summed E-state index contributed by atoms with van der Waals surface area (Å²) in [4.78, 5) is 57.1. The predicted octanol–water partition coefficient (Wildman–Crippen LogP) is 4.43. The molecule has 5 rings (SSSR count). The number of hydrogen-bond donors (Lipinski definition) is 3. The van der Waals surface area contributed by atoms with Gasteiger partial charge in [-0.25, -0.2) is 4.39 Å². The second kappa shape index (κ2) is 14.3. The van der Waals surface area contributed by atoms with E-state index in [2.05, 4.69) is 10.6 Å². The van der Waals surface area contributed by atoms with Crippen LogP contribution in [0.4, 0.5) is 10.1 Å². The van der Waals surface area contributed by atoms with Crippen molar-refractivity contribution in [2.75, 3.05) is 18.4 Å². The first kappa shape index (κ1) is 32.2. The van der Waals surface area contributed by atoms with Gasteiger partial charge in [-0.05, 0) is 61.4 Å². The number of rotatable bonds is 9. The third-order valence-corrected chi connectivity index (χ3v) is 9.92. The van der Waals surface area contributed by atoms with Gasteiger partial charge in [-0.1, -0.05) is 60.3 Å². The Balaban J connectivity index is 1.28. The Morgan fingerprint density at radius 3 is 2.41 bits per heavy atom. The van der Waals surface area contributed by atoms with E-state index in [0.717, 1.165) is 43.4 Å². The molecule has 4 N–H and O–H groups in total. The number of nitrogens with one attached hydrogen (secondary N) is 2. The van der Waals surface area contributed by atoms with Crippen LogP contribution in [0.5, 0.6) is 0 Å². The number of carbonyl (C=O) groups is 4. The molecule has 2 aliphatic heterocycles. The van der Waals surface area contributed by atoms with Gasteiger partial charge in [-0.3, -0.25) is 19.2 Å². The molecule has 2 aromatic carbocycles. The molecule has 3 aliphatic rings. The average Bonchev–Trinajstić information content (AvgIpc) is 3.47. The van der Waals surface area contributed by atoms with Gasteiger partial charge in [0.1, 0.15) is 12.1 Å². The molecule has 0 aromatic heterocycles. The SMILES string of the molecule is NCC[C@H](NC(=O)[C@@H]1Cc2ccccc2CN1C(=O)CCC(=O)N1CCC2CCCCC21)C(=O)Nc1ccc(Cl)c(Cl)c1F. The Bertz CT molecular complexity index is 1430. The van der Waals surface area contributed by atoms with Gasteiger partial charge in [-0.15, -0.1) is 0 Å². The van der Waals surface area contributed by atoms with Crippen molar-refractivity contribution < 1.29 is 23.6 Å². The maximum Gasteiger partial charge on any atom is 0.247 e. The predicted molar refractivity (Wildman–Crippen MR) is 166 cm³/mol. The van der Waals surface area contributed by atoms with Gasteiger partial charge in [0, 0.05) is 38.4 Å². The first-order valence-corrected chi connectivity index (χ1v) is 16.0. The van der Waals surface area contributed by atoms with Crippen molar-refractivity contribution in [2.24, 2.45) is 11.7 Å². The molecule has 2 unspecified atom stereocenters. The number of hydrogen-bond acceptors (Lipinski definition) is 5. The van der Waals surface area contributed by atoms with Gasteiger partial charge in [0.15, 0.2) is 5.82 Å². The Labute approximate surface area is 266 Å². The molecule has 0 bridgehead atoms. The average molecular weight is 647 g/mol. The number of halogens is 3. The van der Waals surface area contributed by atoms with Crippen molar-refractivity contribution >= 4 is 52.5 Å². The van der Waals surface area contributed by atoms with Gasteiger partial charge in [0.05, 0.1) is 15.7 Å². The van der Waals surface area contributed by atoms with Crippen LogP contribution in [0.15, 0.2) is 36.4 Å². The summed E-state index contributed by atoms with van der Waals surface area (Å²) in [6.45, 7) is 1.01. The summed E-state index contributed by atoms with van der Waals surface area (Å²) in [7, 11) is 0. The molecule has 2 fully saturated rings. The number of likely N-dealkylation sites (tertiary alicyclic amines) is 1. The number of amides is 4. The first-order chi connectivity index (χ1) is 21.2. The van der Waals surface area contributed by atoms with E-state index < -0.39 is 29.7 Å². The minimum absolute atomic E-state index is 0.00312. The zero-order valence-electron chi connectivity index (χ0n) is 24.5. The lowest BCUT2D eigenvalue weighted by Crippen LogP contribution is -2.56. The maximum atomic E-state index is 14.6. The van der Waals surface area contributed by atoms with Gasteiger partial charge < -0.3 is 26.2 Å². The van der Waals surface area contributed by atoms with E-state index in [1.807, 2.05) is 29.2 Å². The summed E-state index contributed by atoms with van der Waals surface area (Å²) < 4.78 is 14.6. The lowest BCUT2D eigenvalue weighted by molar-refractivity contribution is -0.144. The third-order valence-electron chi connectivity index (χ3n) is 9.14. The van der Waals surface area contributed by atoms with E-state index in [1.54, 1.807) is 0 Å². The number of benzene rings is 2. The zero-order chi connectivity index (χ0) is 31.4. The quantitative estimate of drug-likeness (QED) is 0.348. The van der Waals surface area contributed by atoms with Crippen LogP contribution < -0.4 is 16.4 Å². The molecule has 4 atom stereocenters. The molecule has 0 radical (unpaired) electrons. The van der Waals surface area contributed by atoms with E-state index in [4.69, 9.17) is 28.9 Å². The van der Waals surface area contributed by atoms with E-state index >= 15 is 0 Å². The van der Waals surface area contributed by atoms with Gasteiger partial charge in [0.2, 0.25) is 23.6 Å². The Kier molecular flexibility index (Phi) is 10.4. The van der Waals surface area contributed by atoms with Crippen LogP contribution in [0, 0.1) is 11.7 Å². The lowest BCUT2D eigenvalue weighted by atomic mass is 9.85. The molecule has 236 valence electrons. The highest BCUT2D eigenvalue weighted by Gasteiger charge is 2.39. The molecule has 0 spiro atoms. The molecular formula is C32H38Cl2FN5O4. The van der Waals surface area contributed by atoms with Crippen LogP contribution in [-0.2, 0) is 32.1 Å². The fourth-order valence-electron chi connectivity index (χ4n) is 6.78. The molecule has 4 amide bonds. The Morgan fingerprint density at radius 1 is 0.955 bits per heavy atom. The normalized spacial score (nSPS) is 21.7. The fourth-order valence-corrected chi connectivity index (χ4v) is 7.09. The molecule has 1 saturated heterocycles.